The van der Waals surface area contributed by atoms with Gasteiger partial charge in [-0.1, -0.05) is 54.2 Å². The van der Waals surface area contributed by atoms with E-state index in [0.717, 1.165) is 23.4 Å². The van der Waals surface area contributed by atoms with Gasteiger partial charge >= 0.3 is 11.9 Å². The first-order valence-corrected chi connectivity index (χ1v) is 9.96. The lowest BCUT2D eigenvalue weighted by Crippen LogP contribution is -2.25. The SMILES string of the molecule is CC(Sc1n[nH]c(=O)n1CCc1ccccc1)C(=O)Nc1ccccc1C(F)(F)F. The van der Waals surface area contributed by atoms with Crippen molar-refractivity contribution in [2.24, 2.45) is 0 Å². The molecule has 0 aliphatic rings. The Bertz CT molecular complexity index is 1060. The Balaban J connectivity index is 1.69. The van der Waals surface area contributed by atoms with Gasteiger partial charge in [-0.25, -0.2) is 9.89 Å². The zero-order chi connectivity index (χ0) is 21.7. The van der Waals surface area contributed by atoms with Gasteiger partial charge in [0.1, 0.15) is 0 Å². The monoisotopic (exact) mass is 436 g/mol. The van der Waals surface area contributed by atoms with Crippen LogP contribution in [0.3, 0.4) is 0 Å². The van der Waals surface area contributed by atoms with E-state index < -0.39 is 28.6 Å². The second-order valence-corrected chi connectivity index (χ2v) is 7.80. The van der Waals surface area contributed by atoms with Crippen LogP contribution < -0.4 is 11.0 Å². The summed E-state index contributed by atoms with van der Waals surface area (Å²) in [6, 6.07) is 14.3. The molecule has 158 valence electrons. The van der Waals surface area contributed by atoms with Crippen LogP contribution in [0.25, 0.3) is 0 Å². The lowest BCUT2D eigenvalue weighted by atomic mass is 10.1. The number of amides is 1. The van der Waals surface area contributed by atoms with Gasteiger partial charge in [-0.3, -0.25) is 9.36 Å². The number of halogens is 3. The zero-order valence-corrected chi connectivity index (χ0v) is 16.8. The van der Waals surface area contributed by atoms with Crippen LogP contribution in [0.1, 0.15) is 18.1 Å². The van der Waals surface area contributed by atoms with Gasteiger partial charge in [-0.05, 0) is 31.0 Å². The fourth-order valence-electron chi connectivity index (χ4n) is 2.76. The Morgan fingerprint density at radius 3 is 2.53 bits per heavy atom. The molecule has 0 radical (unpaired) electrons. The molecule has 3 rings (SSSR count). The molecule has 2 aromatic carbocycles. The Morgan fingerprint density at radius 1 is 1.17 bits per heavy atom. The molecular formula is C20H19F3N4O2S. The first-order valence-electron chi connectivity index (χ1n) is 9.08. The normalized spacial score (nSPS) is 12.5. The first kappa shape index (κ1) is 21.7. The second kappa shape index (κ2) is 9.21. The fourth-order valence-corrected chi connectivity index (χ4v) is 3.64. The molecule has 0 fully saturated rings. The largest absolute Gasteiger partial charge is 0.418 e. The third kappa shape index (κ3) is 5.32. The van der Waals surface area contributed by atoms with Crippen LogP contribution in [0.2, 0.25) is 0 Å². The Morgan fingerprint density at radius 2 is 1.83 bits per heavy atom. The van der Waals surface area contributed by atoms with Gasteiger partial charge in [0.2, 0.25) is 5.91 Å². The summed E-state index contributed by atoms with van der Waals surface area (Å²) in [6.45, 7) is 1.89. The number of aromatic amines is 1. The minimum Gasteiger partial charge on any atom is -0.325 e. The number of rotatable bonds is 7. The van der Waals surface area contributed by atoms with Crippen LogP contribution in [-0.4, -0.2) is 25.9 Å². The van der Waals surface area contributed by atoms with Gasteiger partial charge in [-0.15, -0.1) is 5.10 Å². The van der Waals surface area contributed by atoms with E-state index >= 15 is 0 Å². The molecule has 0 aliphatic carbocycles. The molecule has 10 heteroatoms. The average Bonchev–Trinajstić information content (AvgIpc) is 3.06. The summed E-state index contributed by atoms with van der Waals surface area (Å²) in [5.41, 5.74) is -0.611. The molecule has 1 heterocycles. The molecule has 0 saturated carbocycles. The van der Waals surface area contributed by atoms with Gasteiger partial charge in [0.15, 0.2) is 5.16 Å². The van der Waals surface area contributed by atoms with Gasteiger partial charge in [0.25, 0.3) is 0 Å². The first-order chi connectivity index (χ1) is 14.3. The number of aromatic nitrogens is 3. The van der Waals surface area contributed by atoms with E-state index in [1.807, 2.05) is 30.3 Å². The number of carbonyl (C=O) groups is 1. The molecule has 0 saturated heterocycles. The number of H-pyrrole nitrogens is 1. The number of thioether (sulfide) groups is 1. The number of aryl methyl sites for hydroxylation is 1. The van der Waals surface area contributed by atoms with E-state index in [2.05, 4.69) is 15.5 Å². The standard InChI is InChI=1S/C20H19F3N4O2S/c1-13(17(28)24-16-10-6-5-9-15(16)20(21,22)23)30-19-26-25-18(29)27(19)12-11-14-7-3-2-4-8-14/h2-10,13H,11-12H2,1H3,(H,24,28)(H,25,29). The van der Waals surface area contributed by atoms with E-state index in [9.17, 15) is 22.8 Å². The lowest BCUT2D eigenvalue weighted by Gasteiger charge is -2.16. The Labute approximate surface area is 174 Å². The average molecular weight is 436 g/mol. The van der Waals surface area contributed by atoms with Crippen molar-refractivity contribution in [3.63, 3.8) is 0 Å². The molecule has 1 amide bonds. The lowest BCUT2D eigenvalue weighted by molar-refractivity contribution is -0.137. The van der Waals surface area contributed by atoms with E-state index in [0.29, 0.717) is 18.1 Å². The highest BCUT2D eigenvalue weighted by molar-refractivity contribution is 8.00. The van der Waals surface area contributed by atoms with Crippen LogP contribution in [-0.2, 0) is 23.9 Å². The number of nitrogens with one attached hydrogen (secondary N) is 2. The number of nitrogens with zero attached hydrogens (tertiary/aromatic N) is 2. The highest BCUT2D eigenvalue weighted by Gasteiger charge is 2.34. The van der Waals surface area contributed by atoms with Gasteiger partial charge in [0.05, 0.1) is 16.5 Å². The number of para-hydroxylation sites is 1. The number of benzene rings is 2. The molecule has 1 unspecified atom stereocenters. The van der Waals surface area contributed by atoms with E-state index in [1.54, 1.807) is 0 Å². The summed E-state index contributed by atoms with van der Waals surface area (Å²) >= 11 is 0.994. The van der Waals surface area contributed by atoms with Crippen LogP contribution >= 0.6 is 11.8 Å². The molecule has 1 aromatic heterocycles. The van der Waals surface area contributed by atoms with E-state index in [4.69, 9.17) is 0 Å². The van der Waals surface area contributed by atoms with Crippen molar-refractivity contribution in [2.45, 2.75) is 36.5 Å². The van der Waals surface area contributed by atoms with Crippen molar-refractivity contribution in [3.8, 4) is 0 Å². The zero-order valence-electron chi connectivity index (χ0n) is 15.9. The van der Waals surface area contributed by atoms with Crippen LogP contribution in [0.4, 0.5) is 18.9 Å². The predicted octanol–water partition coefficient (Wildman–Crippen LogP) is 3.95. The van der Waals surface area contributed by atoms with Crippen molar-refractivity contribution in [3.05, 3.63) is 76.2 Å². The third-order valence-corrected chi connectivity index (χ3v) is 5.42. The maximum atomic E-state index is 13.1. The number of hydrogen-bond acceptors (Lipinski definition) is 4. The third-order valence-electron chi connectivity index (χ3n) is 4.33. The molecule has 3 aromatic rings. The molecular weight excluding hydrogens is 417 g/mol. The highest BCUT2D eigenvalue weighted by Crippen LogP contribution is 2.35. The van der Waals surface area contributed by atoms with Crippen LogP contribution in [0.5, 0.6) is 0 Å². The van der Waals surface area contributed by atoms with Gasteiger partial charge in [0, 0.05) is 6.54 Å². The van der Waals surface area contributed by atoms with Crippen LogP contribution in [0, 0.1) is 0 Å². The topological polar surface area (TPSA) is 79.8 Å². The molecule has 0 aliphatic heterocycles. The number of alkyl halides is 3. The fraction of sp³-hybridized carbons (Fsp3) is 0.250. The summed E-state index contributed by atoms with van der Waals surface area (Å²) in [5, 5.41) is 8.12. The molecule has 0 bridgehead atoms. The molecule has 1 atom stereocenters. The predicted molar refractivity (Wildman–Crippen MR) is 108 cm³/mol. The van der Waals surface area contributed by atoms with Crippen LogP contribution in [0.15, 0.2) is 64.5 Å². The number of hydrogen-bond donors (Lipinski definition) is 2. The molecule has 0 spiro atoms. The maximum absolute atomic E-state index is 13.1. The van der Waals surface area contributed by atoms with Crippen molar-refractivity contribution >= 4 is 23.4 Å². The van der Waals surface area contributed by atoms with E-state index in [1.165, 1.54) is 29.7 Å². The summed E-state index contributed by atoms with van der Waals surface area (Å²) < 4.78 is 40.8. The quantitative estimate of drug-likeness (QED) is 0.550. The van der Waals surface area contributed by atoms with Crippen molar-refractivity contribution in [2.75, 3.05) is 5.32 Å². The number of carbonyl (C=O) groups excluding carboxylic acids is 1. The minimum absolute atomic E-state index is 0.294. The smallest absolute Gasteiger partial charge is 0.325 e. The number of anilines is 1. The van der Waals surface area contributed by atoms with Crippen molar-refractivity contribution in [1.29, 1.82) is 0 Å². The summed E-state index contributed by atoms with van der Waals surface area (Å²) in [7, 11) is 0. The Kier molecular flexibility index (Phi) is 6.66. The highest BCUT2D eigenvalue weighted by atomic mass is 32.2. The minimum atomic E-state index is -4.58. The Hall–Kier alpha value is -3.01. The van der Waals surface area contributed by atoms with Crippen molar-refractivity contribution < 1.29 is 18.0 Å². The summed E-state index contributed by atoms with van der Waals surface area (Å²) in [6.07, 6.45) is -3.99. The second-order valence-electron chi connectivity index (χ2n) is 6.49. The summed E-state index contributed by atoms with van der Waals surface area (Å²) in [4.78, 5) is 24.5. The van der Waals surface area contributed by atoms with Gasteiger partial charge in [-0.2, -0.15) is 13.2 Å². The maximum Gasteiger partial charge on any atom is 0.418 e. The molecule has 2 N–H and O–H groups in total. The van der Waals surface area contributed by atoms with Gasteiger partial charge < -0.3 is 5.32 Å². The van der Waals surface area contributed by atoms with Crippen molar-refractivity contribution in [1.82, 2.24) is 14.8 Å². The molecule has 6 nitrogen and oxygen atoms in total. The summed E-state index contributed by atoms with van der Waals surface area (Å²) in [5.74, 6) is -0.623. The molecule has 30 heavy (non-hydrogen) atoms. The van der Waals surface area contributed by atoms with E-state index in [-0.39, 0.29) is 5.69 Å².